The van der Waals surface area contributed by atoms with Crippen molar-refractivity contribution in [2.45, 2.75) is 6.92 Å². The molecule has 0 aliphatic rings. The van der Waals surface area contributed by atoms with Crippen molar-refractivity contribution in [1.82, 2.24) is 5.16 Å². The van der Waals surface area contributed by atoms with Gasteiger partial charge in [0, 0.05) is 12.1 Å². The minimum Gasteiger partial charge on any atom is -0.478 e. The van der Waals surface area contributed by atoms with E-state index in [0.717, 1.165) is 6.08 Å². The Morgan fingerprint density at radius 2 is 2.55 bits per heavy atom. The van der Waals surface area contributed by atoms with Gasteiger partial charge in [0.15, 0.2) is 0 Å². The zero-order valence-corrected chi connectivity index (χ0v) is 5.94. The predicted octanol–water partition coefficient (Wildman–Crippen LogP) is 1.16. The van der Waals surface area contributed by atoms with Crippen molar-refractivity contribution in [2.75, 3.05) is 0 Å². The minimum atomic E-state index is -0.981. The first-order valence-corrected chi connectivity index (χ1v) is 3.02. The number of rotatable bonds is 2. The smallest absolute Gasteiger partial charge is 0.328 e. The molecule has 1 N–H and O–H groups in total. The average Bonchev–Trinajstić information content (AvgIpc) is 2.35. The summed E-state index contributed by atoms with van der Waals surface area (Å²) in [5.74, 6) is -0.981. The highest BCUT2D eigenvalue weighted by molar-refractivity contribution is 5.88. The third-order valence-corrected chi connectivity index (χ3v) is 1.18. The fourth-order valence-electron chi connectivity index (χ4n) is 0.675. The van der Waals surface area contributed by atoms with Crippen LogP contribution in [-0.4, -0.2) is 16.2 Å². The number of aromatic nitrogens is 1. The minimum absolute atomic E-state index is 0.549. The van der Waals surface area contributed by atoms with Crippen molar-refractivity contribution in [1.29, 1.82) is 0 Å². The molecule has 0 aliphatic heterocycles. The molecule has 0 amide bonds. The molecule has 0 atom stereocenters. The van der Waals surface area contributed by atoms with E-state index in [4.69, 9.17) is 5.11 Å². The molecule has 0 aliphatic carbocycles. The highest BCUT2D eigenvalue weighted by Crippen LogP contribution is 2.09. The van der Waals surface area contributed by atoms with Gasteiger partial charge in [-0.3, -0.25) is 0 Å². The first-order chi connectivity index (χ1) is 5.20. The molecule has 0 aromatic carbocycles. The van der Waals surface area contributed by atoms with Gasteiger partial charge in [0.25, 0.3) is 0 Å². The van der Waals surface area contributed by atoms with E-state index < -0.39 is 5.97 Å². The van der Waals surface area contributed by atoms with E-state index in [1.807, 2.05) is 0 Å². The Morgan fingerprint density at radius 3 is 3.00 bits per heavy atom. The highest BCUT2D eigenvalue weighted by atomic mass is 16.5. The molecule has 4 heteroatoms. The normalized spacial score (nSPS) is 11.5. The van der Waals surface area contributed by atoms with E-state index in [0.29, 0.717) is 11.3 Å². The molecule has 1 aromatic rings. The first kappa shape index (κ1) is 7.53. The third-order valence-electron chi connectivity index (χ3n) is 1.18. The molecule has 0 saturated carbocycles. The number of carboxylic acids is 1. The second kappa shape index (κ2) is 3.01. The number of hydrogen-bond acceptors (Lipinski definition) is 3. The van der Waals surface area contributed by atoms with Crippen LogP contribution in [0.2, 0.25) is 0 Å². The predicted molar refractivity (Wildman–Crippen MR) is 37.8 cm³/mol. The summed E-state index contributed by atoms with van der Waals surface area (Å²) < 4.78 is 4.53. The molecule has 0 spiro atoms. The van der Waals surface area contributed by atoms with E-state index in [1.165, 1.54) is 6.26 Å². The van der Waals surface area contributed by atoms with Gasteiger partial charge in [-0.05, 0) is 12.5 Å². The number of carboxylic acid groups (broad SMARTS) is 1. The van der Waals surface area contributed by atoms with Crippen molar-refractivity contribution >= 4 is 11.5 Å². The van der Waals surface area contributed by atoms with Crippen LogP contribution in [0.15, 0.2) is 22.9 Å². The maximum absolute atomic E-state index is 10.2. The molecule has 11 heavy (non-hydrogen) atoms. The zero-order chi connectivity index (χ0) is 8.27. The molecule has 0 radical (unpaired) electrons. The third kappa shape index (κ3) is 1.93. The Labute approximate surface area is 63.1 Å². The summed E-state index contributed by atoms with van der Waals surface area (Å²) in [7, 11) is 0. The van der Waals surface area contributed by atoms with Crippen molar-refractivity contribution in [3.8, 4) is 0 Å². The molecule has 0 saturated heterocycles. The summed E-state index contributed by atoms with van der Waals surface area (Å²) in [4.78, 5) is 10.2. The lowest BCUT2D eigenvalue weighted by Gasteiger charge is -1.89. The lowest BCUT2D eigenvalue weighted by Crippen LogP contribution is -1.89. The number of hydrogen-bond donors (Lipinski definition) is 1. The van der Waals surface area contributed by atoms with Gasteiger partial charge in [-0.2, -0.15) is 0 Å². The molecular weight excluding hydrogens is 146 g/mol. The fourth-order valence-corrected chi connectivity index (χ4v) is 0.675. The van der Waals surface area contributed by atoms with Crippen LogP contribution in [0.1, 0.15) is 12.6 Å². The second-order valence-electron chi connectivity index (χ2n) is 2.05. The van der Waals surface area contributed by atoms with Crippen molar-refractivity contribution in [2.24, 2.45) is 0 Å². The molecule has 1 heterocycles. The van der Waals surface area contributed by atoms with E-state index in [2.05, 4.69) is 9.68 Å². The van der Waals surface area contributed by atoms with E-state index in [1.54, 1.807) is 13.0 Å². The van der Waals surface area contributed by atoms with Gasteiger partial charge in [-0.1, -0.05) is 5.16 Å². The number of allylic oxidation sites excluding steroid dienone is 1. The summed E-state index contributed by atoms with van der Waals surface area (Å²) >= 11 is 0. The van der Waals surface area contributed by atoms with Gasteiger partial charge in [-0.15, -0.1) is 0 Å². The maximum Gasteiger partial charge on any atom is 0.328 e. The van der Waals surface area contributed by atoms with Crippen molar-refractivity contribution in [3.05, 3.63) is 24.1 Å². The molecule has 0 unspecified atom stereocenters. The Hall–Kier alpha value is -1.58. The molecule has 0 bridgehead atoms. The first-order valence-electron chi connectivity index (χ1n) is 3.02. The van der Waals surface area contributed by atoms with Crippen LogP contribution < -0.4 is 0 Å². The molecule has 0 fully saturated rings. The van der Waals surface area contributed by atoms with Gasteiger partial charge < -0.3 is 9.63 Å². The van der Waals surface area contributed by atoms with Crippen LogP contribution >= 0.6 is 0 Å². The van der Waals surface area contributed by atoms with E-state index in [-0.39, 0.29) is 0 Å². The quantitative estimate of drug-likeness (QED) is 0.647. The summed E-state index contributed by atoms with van der Waals surface area (Å²) in [6.07, 6.45) is 2.48. The number of aliphatic carboxylic acids is 1. The van der Waals surface area contributed by atoms with E-state index >= 15 is 0 Å². The van der Waals surface area contributed by atoms with Crippen LogP contribution in [0, 0.1) is 0 Å². The van der Waals surface area contributed by atoms with Crippen molar-refractivity contribution < 1.29 is 14.4 Å². The van der Waals surface area contributed by atoms with Gasteiger partial charge in [0.2, 0.25) is 0 Å². The highest BCUT2D eigenvalue weighted by Gasteiger charge is 2.00. The summed E-state index contributed by atoms with van der Waals surface area (Å²) in [6.45, 7) is 1.66. The topological polar surface area (TPSA) is 63.3 Å². The van der Waals surface area contributed by atoms with Gasteiger partial charge in [-0.25, -0.2) is 4.79 Å². The largest absolute Gasteiger partial charge is 0.478 e. The number of carbonyl (C=O) groups is 1. The fraction of sp³-hybridized carbons (Fsp3) is 0.143. The monoisotopic (exact) mass is 153 g/mol. The number of nitrogens with zero attached hydrogens (tertiary/aromatic N) is 1. The van der Waals surface area contributed by atoms with Crippen LogP contribution in [0.4, 0.5) is 0 Å². The van der Waals surface area contributed by atoms with E-state index in [9.17, 15) is 4.79 Å². The van der Waals surface area contributed by atoms with Gasteiger partial charge in [0.1, 0.15) is 12.0 Å². The van der Waals surface area contributed by atoms with Gasteiger partial charge in [0.05, 0.1) is 0 Å². The Balaban J connectivity index is 2.86. The van der Waals surface area contributed by atoms with Crippen molar-refractivity contribution in [3.63, 3.8) is 0 Å². The zero-order valence-electron chi connectivity index (χ0n) is 5.94. The molecule has 1 aromatic heterocycles. The molecule has 4 nitrogen and oxygen atoms in total. The maximum atomic E-state index is 10.2. The van der Waals surface area contributed by atoms with Crippen LogP contribution in [0.25, 0.3) is 5.57 Å². The summed E-state index contributed by atoms with van der Waals surface area (Å²) in [5.41, 5.74) is 1.12. The van der Waals surface area contributed by atoms with Gasteiger partial charge >= 0.3 is 5.97 Å². The summed E-state index contributed by atoms with van der Waals surface area (Å²) in [5, 5.41) is 11.9. The second-order valence-corrected chi connectivity index (χ2v) is 2.05. The average molecular weight is 153 g/mol. The standard InChI is InChI=1S/C7H7NO3/c1-5(4-7(9)10)6-2-3-11-8-6/h2-4H,1H3,(H,9,10). The Kier molecular flexibility index (Phi) is 2.06. The van der Waals surface area contributed by atoms with Crippen LogP contribution in [0.3, 0.4) is 0 Å². The van der Waals surface area contributed by atoms with Crippen LogP contribution in [-0.2, 0) is 4.79 Å². The lowest BCUT2D eigenvalue weighted by molar-refractivity contribution is -0.131. The molecule has 58 valence electrons. The summed E-state index contributed by atoms with van der Waals surface area (Å²) in [6, 6.07) is 1.61. The molecule has 1 rings (SSSR count). The SMILES string of the molecule is CC(=CC(=O)O)c1ccon1. The molecular formula is C7H7NO3. The lowest BCUT2D eigenvalue weighted by atomic mass is 10.2. The Morgan fingerprint density at radius 1 is 1.82 bits per heavy atom. The van der Waals surface area contributed by atoms with Crippen LogP contribution in [0.5, 0.6) is 0 Å². The Bertz CT molecular complexity index is 274.